The van der Waals surface area contributed by atoms with E-state index in [1.54, 1.807) is 6.20 Å². The number of nitrogens with two attached hydrogens (primary N) is 1. The van der Waals surface area contributed by atoms with Gasteiger partial charge in [0.1, 0.15) is 11.6 Å². The lowest BCUT2D eigenvalue weighted by Gasteiger charge is -2.10. The quantitative estimate of drug-likeness (QED) is 0.765. The second-order valence-electron chi connectivity index (χ2n) is 6.81. The van der Waals surface area contributed by atoms with E-state index in [4.69, 9.17) is 5.73 Å². The molecule has 0 saturated heterocycles. The van der Waals surface area contributed by atoms with E-state index in [0.29, 0.717) is 17.6 Å². The summed E-state index contributed by atoms with van der Waals surface area (Å²) in [5, 5.41) is 4.61. The predicted octanol–water partition coefficient (Wildman–Crippen LogP) is 3.78. The third-order valence-corrected chi connectivity index (χ3v) is 4.86. The van der Waals surface area contributed by atoms with Gasteiger partial charge >= 0.3 is 0 Å². The molecule has 2 heterocycles. The van der Waals surface area contributed by atoms with Crippen LogP contribution in [-0.2, 0) is 4.79 Å². The van der Waals surface area contributed by atoms with Crippen molar-refractivity contribution in [1.29, 1.82) is 0 Å². The minimum atomic E-state index is 0.0421. The number of nitrogens with zero attached hydrogens (tertiary/aromatic N) is 2. The Balaban J connectivity index is 1.73. The Morgan fingerprint density at radius 1 is 1.28 bits per heavy atom. The van der Waals surface area contributed by atoms with Crippen molar-refractivity contribution in [2.24, 2.45) is 11.8 Å². The number of hydrogen-bond acceptors (Lipinski definition) is 4. The Morgan fingerprint density at radius 3 is 2.76 bits per heavy atom. The molecule has 1 aliphatic rings. The van der Waals surface area contributed by atoms with Gasteiger partial charge in [-0.05, 0) is 42.3 Å². The second kappa shape index (κ2) is 5.84. The fourth-order valence-electron chi connectivity index (χ4n) is 3.15. The van der Waals surface area contributed by atoms with Crippen LogP contribution in [0.1, 0.15) is 18.9 Å². The number of amides is 1. The minimum absolute atomic E-state index is 0.0421. The first-order chi connectivity index (χ1) is 12.0. The molecule has 126 valence electrons. The van der Waals surface area contributed by atoms with Gasteiger partial charge in [-0.25, -0.2) is 9.97 Å². The molecule has 1 saturated carbocycles. The van der Waals surface area contributed by atoms with Crippen molar-refractivity contribution in [3.63, 3.8) is 0 Å². The summed E-state index contributed by atoms with van der Waals surface area (Å²) in [5.74, 6) is 1.62. The zero-order chi connectivity index (χ0) is 17.6. The smallest absolute Gasteiger partial charge is 0.228 e. The third kappa shape index (κ3) is 2.93. The average Bonchev–Trinajstić information content (AvgIpc) is 3.32. The molecule has 5 nitrogen and oxygen atoms in total. The fourth-order valence-corrected chi connectivity index (χ4v) is 3.15. The average molecular weight is 332 g/mol. The van der Waals surface area contributed by atoms with Gasteiger partial charge in [0.05, 0.1) is 5.69 Å². The molecule has 2 atom stereocenters. The van der Waals surface area contributed by atoms with Gasteiger partial charge in [0, 0.05) is 23.1 Å². The molecule has 5 heteroatoms. The Labute approximate surface area is 146 Å². The minimum Gasteiger partial charge on any atom is -0.383 e. The number of aromatic nitrogens is 2. The number of hydrogen-bond donors (Lipinski definition) is 2. The highest BCUT2D eigenvalue weighted by Crippen LogP contribution is 2.38. The van der Waals surface area contributed by atoms with Gasteiger partial charge in [0.25, 0.3) is 0 Å². The Kier molecular flexibility index (Phi) is 3.64. The van der Waals surface area contributed by atoms with Crippen molar-refractivity contribution in [2.75, 3.05) is 11.1 Å². The molecule has 3 aromatic rings. The second-order valence-corrected chi connectivity index (χ2v) is 6.81. The van der Waals surface area contributed by atoms with E-state index >= 15 is 0 Å². The first-order valence-electron chi connectivity index (χ1n) is 8.46. The van der Waals surface area contributed by atoms with Gasteiger partial charge in [0.2, 0.25) is 5.91 Å². The molecule has 1 amide bonds. The summed E-state index contributed by atoms with van der Waals surface area (Å²) in [6, 6.07) is 11.9. The van der Waals surface area contributed by atoms with Crippen LogP contribution in [0.25, 0.3) is 22.0 Å². The molecular weight excluding hydrogens is 312 g/mol. The van der Waals surface area contributed by atoms with Crippen LogP contribution in [0.15, 0.2) is 42.6 Å². The summed E-state index contributed by atoms with van der Waals surface area (Å²) in [6.07, 6.45) is 2.62. The van der Waals surface area contributed by atoms with Crippen LogP contribution < -0.4 is 11.1 Å². The summed E-state index contributed by atoms with van der Waals surface area (Å²) in [7, 11) is 0. The van der Waals surface area contributed by atoms with Gasteiger partial charge in [-0.3, -0.25) is 4.79 Å². The molecule has 2 aromatic heterocycles. The van der Waals surface area contributed by atoms with E-state index in [0.717, 1.165) is 34.0 Å². The van der Waals surface area contributed by atoms with Gasteiger partial charge in [-0.15, -0.1) is 0 Å². The van der Waals surface area contributed by atoms with Crippen LogP contribution in [0, 0.1) is 18.8 Å². The topological polar surface area (TPSA) is 80.9 Å². The summed E-state index contributed by atoms with van der Waals surface area (Å²) in [5.41, 5.74) is 9.14. The van der Waals surface area contributed by atoms with Crippen molar-refractivity contribution in [1.82, 2.24) is 9.97 Å². The van der Waals surface area contributed by atoms with Crippen LogP contribution in [0.3, 0.4) is 0 Å². The lowest BCUT2D eigenvalue weighted by atomic mass is 10.0. The van der Waals surface area contributed by atoms with Crippen LogP contribution in [0.2, 0.25) is 0 Å². The van der Waals surface area contributed by atoms with E-state index < -0.39 is 0 Å². The van der Waals surface area contributed by atoms with E-state index in [9.17, 15) is 4.79 Å². The number of nitrogen functional groups attached to an aromatic ring is 1. The molecule has 0 spiro atoms. The standard InChI is InChI=1S/C20H20N4O/c1-11-5-3-4-6-14(11)17-8-13-9-18(22-10-16(13)19(21)23-17)24-20(25)15-7-12(15)2/h3-6,8-10,12,15H,7H2,1-2H3,(H2,21,23)(H,22,24,25)/t12-,15?/m0/s1. The number of carbonyl (C=O) groups excluding carboxylic acids is 1. The molecule has 1 fully saturated rings. The molecule has 0 aliphatic heterocycles. The van der Waals surface area contributed by atoms with E-state index in [1.165, 1.54) is 0 Å². The third-order valence-electron chi connectivity index (χ3n) is 4.86. The lowest BCUT2D eigenvalue weighted by Crippen LogP contribution is -2.15. The highest BCUT2D eigenvalue weighted by molar-refractivity contribution is 5.98. The first kappa shape index (κ1) is 15.6. The van der Waals surface area contributed by atoms with Crippen LogP contribution in [-0.4, -0.2) is 15.9 Å². The maximum Gasteiger partial charge on any atom is 0.228 e. The van der Waals surface area contributed by atoms with Crippen LogP contribution in [0.5, 0.6) is 0 Å². The number of aryl methyl sites for hydroxylation is 1. The van der Waals surface area contributed by atoms with E-state index in [-0.39, 0.29) is 11.8 Å². The molecule has 0 bridgehead atoms. The molecule has 1 aliphatic carbocycles. The normalized spacial score (nSPS) is 19.0. The van der Waals surface area contributed by atoms with Gasteiger partial charge in [-0.1, -0.05) is 31.2 Å². The summed E-state index contributed by atoms with van der Waals surface area (Å²) in [6.45, 7) is 4.13. The number of carbonyl (C=O) groups is 1. The number of nitrogens with one attached hydrogen (secondary N) is 1. The SMILES string of the molecule is Cc1ccccc1-c1cc2cc(NC(=O)C3C[C@@H]3C)ncc2c(N)n1. The Morgan fingerprint density at radius 2 is 2.04 bits per heavy atom. The van der Waals surface area contributed by atoms with Crippen molar-refractivity contribution >= 4 is 28.3 Å². The fraction of sp³-hybridized carbons (Fsp3) is 0.250. The molecule has 0 radical (unpaired) electrons. The molecule has 4 rings (SSSR count). The van der Waals surface area contributed by atoms with Crippen molar-refractivity contribution in [3.8, 4) is 11.3 Å². The number of rotatable bonds is 3. The number of pyridine rings is 2. The molecule has 1 aromatic carbocycles. The predicted molar refractivity (Wildman–Crippen MR) is 100 cm³/mol. The molecule has 1 unspecified atom stereocenters. The monoisotopic (exact) mass is 332 g/mol. The van der Waals surface area contributed by atoms with Crippen molar-refractivity contribution in [2.45, 2.75) is 20.3 Å². The maximum absolute atomic E-state index is 12.1. The summed E-state index contributed by atoms with van der Waals surface area (Å²) >= 11 is 0. The molecular formula is C20H20N4O. The molecule has 25 heavy (non-hydrogen) atoms. The summed E-state index contributed by atoms with van der Waals surface area (Å²) in [4.78, 5) is 21.0. The highest BCUT2D eigenvalue weighted by Gasteiger charge is 2.39. The van der Waals surface area contributed by atoms with Crippen molar-refractivity contribution < 1.29 is 4.79 Å². The maximum atomic E-state index is 12.1. The highest BCUT2D eigenvalue weighted by atomic mass is 16.2. The van der Waals surface area contributed by atoms with Gasteiger partial charge in [0.15, 0.2) is 0 Å². The van der Waals surface area contributed by atoms with Crippen LogP contribution in [0.4, 0.5) is 11.6 Å². The Hall–Kier alpha value is -2.95. The van der Waals surface area contributed by atoms with Crippen molar-refractivity contribution in [3.05, 3.63) is 48.2 Å². The van der Waals surface area contributed by atoms with Gasteiger partial charge < -0.3 is 11.1 Å². The number of anilines is 2. The zero-order valence-electron chi connectivity index (χ0n) is 14.3. The molecule has 3 N–H and O–H groups in total. The Bertz CT molecular complexity index is 983. The first-order valence-corrected chi connectivity index (χ1v) is 8.46. The van der Waals surface area contributed by atoms with E-state index in [1.807, 2.05) is 43.3 Å². The lowest BCUT2D eigenvalue weighted by molar-refractivity contribution is -0.117. The summed E-state index contributed by atoms with van der Waals surface area (Å²) < 4.78 is 0. The largest absolute Gasteiger partial charge is 0.383 e. The van der Waals surface area contributed by atoms with Gasteiger partial charge in [-0.2, -0.15) is 0 Å². The zero-order valence-corrected chi connectivity index (χ0v) is 14.3. The van der Waals surface area contributed by atoms with E-state index in [2.05, 4.69) is 22.2 Å². The number of benzene rings is 1. The number of fused-ring (bicyclic) bond motifs is 1. The van der Waals surface area contributed by atoms with Crippen LogP contribution >= 0.6 is 0 Å².